The second kappa shape index (κ2) is 6.14. The van der Waals surface area contributed by atoms with Crippen LogP contribution in [0.5, 0.6) is 0 Å². The van der Waals surface area contributed by atoms with Crippen molar-refractivity contribution in [3.05, 3.63) is 76.3 Å². The van der Waals surface area contributed by atoms with E-state index < -0.39 is 5.97 Å². The molecule has 1 aromatic carbocycles. The maximum atomic E-state index is 12.6. The smallest absolute Gasteiger partial charge is 0.336 e. The highest BCUT2D eigenvalue weighted by atomic mass is 32.1. The van der Waals surface area contributed by atoms with Crippen LogP contribution in [0.4, 0.5) is 0 Å². The number of carbonyl (C=O) groups is 2. The summed E-state index contributed by atoms with van der Waals surface area (Å²) in [5, 5.41) is 9.21. The topological polar surface area (TPSA) is 67.3 Å². The molecule has 2 aromatic heterocycles. The number of hydrogen-bond acceptors (Lipinski definition) is 4. The van der Waals surface area contributed by atoms with Crippen LogP contribution in [0.1, 0.15) is 31.2 Å². The van der Waals surface area contributed by atoms with E-state index >= 15 is 0 Å². The zero-order valence-corrected chi connectivity index (χ0v) is 13.1. The summed E-state index contributed by atoms with van der Waals surface area (Å²) in [7, 11) is 0. The Hall–Kier alpha value is -2.79. The van der Waals surface area contributed by atoms with Crippen molar-refractivity contribution in [1.29, 1.82) is 0 Å². The van der Waals surface area contributed by atoms with Gasteiger partial charge in [-0.05, 0) is 36.8 Å². The van der Waals surface area contributed by atoms with Gasteiger partial charge >= 0.3 is 5.97 Å². The van der Waals surface area contributed by atoms with Crippen LogP contribution < -0.4 is 0 Å². The normalized spacial score (nSPS) is 10.5. The lowest BCUT2D eigenvalue weighted by molar-refractivity contribution is 0.0693. The van der Waals surface area contributed by atoms with Gasteiger partial charge in [-0.2, -0.15) is 0 Å². The molecule has 0 atom stereocenters. The average molecular weight is 323 g/mol. The fourth-order valence-electron chi connectivity index (χ4n) is 2.21. The number of hydrogen-bond donors (Lipinski definition) is 1. The summed E-state index contributed by atoms with van der Waals surface area (Å²) in [6, 6.07) is 13.7. The molecule has 3 aromatic rings. The van der Waals surface area contributed by atoms with Crippen LogP contribution in [-0.2, 0) is 0 Å². The number of ketones is 1. The summed E-state index contributed by atoms with van der Waals surface area (Å²) in [4.78, 5) is 29.6. The third kappa shape index (κ3) is 3.05. The molecule has 0 spiro atoms. The van der Waals surface area contributed by atoms with Crippen molar-refractivity contribution in [1.82, 2.24) is 4.98 Å². The molecule has 0 fully saturated rings. The Bertz CT molecular complexity index is 881. The van der Waals surface area contributed by atoms with Crippen LogP contribution in [0.3, 0.4) is 0 Å². The van der Waals surface area contributed by atoms with Crippen molar-refractivity contribution in [2.24, 2.45) is 0 Å². The number of pyridine rings is 1. The van der Waals surface area contributed by atoms with E-state index in [4.69, 9.17) is 0 Å². The molecular weight excluding hydrogens is 310 g/mol. The maximum Gasteiger partial charge on any atom is 0.336 e. The lowest BCUT2D eigenvalue weighted by atomic mass is 10.0. The first kappa shape index (κ1) is 15.1. The molecular formula is C18H13NO3S. The van der Waals surface area contributed by atoms with Crippen molar-refractivity contribution in [2.45, 2.75) is 6.92 Å². The minimum atomic E-state index is -1.11. The lowest BCUT2D eigenvalue weighted by Gasteiger charge is -2.03. The van der Waals surface area contributed by atoms with Crippen LogP contribution >= 0.6 is 11.3 Å². The second-order valence-corrected chi connectivity index (χ2v) is 6.15. The molecule has 2 heterocycles. The van der Waals surface area contributed by atoms with E-state index in [1.54, 1.807) is 24.4 Å². The lowest BCUT2D eigenvalue weighted by Crippen LogP contribution is -2.08. The van der Waals surface area contributed by atoms with Gasteiger partial charge in [0.15, 0.2) is 0 Å². The van der Waals surface area contributed by atoms with E-state index in [0.717, 1.165) is 16.1 Å². The Balaban J connectivity index is 1.96. The Labute approximate surface area is 137 Å². The standard InChI is InChI=1S/C18H13NO3S/c1-11-6-7-14(19-10-11)15-8-9-16(23-15)17(20)12-4-2-3-5-13(12)18(21)22/h2-10H,1H3,(H,21,22). The van der Waals surface area contributed by atoms with Crippen LogP contribution in [0.2, 0.25) is 0 Å². The van der Waals surface area contributed by atoms with Crippen molar-refractivity contribution >= 4 is 23.1 Å². The van der Waals surface area contributed by atoms with E-state index in [1.807, 2.05) is 25.1 Å². The summed E-state index contributed by atoms with van der Waals surface area (Å²) < 4.78 is 0. The van der Waals surface area contributed by atoms with Crippen molar-refractivity contribution in [3.63, 3.8) is 0 Å². The van der Waals surface area contributed by atoms with Crippen molar-refractivity contribution in [3.8, 4) is 10.6 Å². The Morgan fingerprint density at radius 2 is 1.74 bits per heavy atom. The summed E-state index contributed by atoms with van der Waals surface area (Å²) >= 11 is 1.31. The summed E-state index contributed by atoms with van der Waals surface area (Å²) in [6.07, 6.45) is 1.77. The first-order valence-corrected chi connectivity index (χ1v) is 7.78. The van der Waals surface area contributed by atoms with Gasteiger partial charge in [0, 0.05) is 11.8 Å². The molecule has 0 unspecified atom stereocenters. The number of carboxylic acid groups (broad SMARTS) is 1. The summed E-state index contributed by atoms with van der Waals surface area (Å²) in [5.41, 5.74) is 2.08. The number of carboxylic acids is 1. The van der Waals surface area contributed by atoms with Gasteiger partial charge in [-0.1, -0.05) is 24.3 Å². The monoisotopic (exact) mass is 323 g/mol. The Kier molecular flexibility index (Phi) is 4.04. The van der Waals surface area contributed by atoms with E-state index in [9.17, 15) is 14.7 Å². The molecule has 4 nitrogen and oxygen atoms in total. The SMILES string of the molecule is Cc1ccc(-c2ccc(C(=O)c3ccccc3C(=O)O)s2)nc1. The van der Waals surface area contributed by atoms with E-state index in [-0.39, 0.29) is 16.9 Å². The molecule has 0 saturated carbocycles. The number of thiophene rings is 1. The number of nitrogens with zero attached hydrogens (tertiary/aromatic N) is 1. The van der Waals surface area contributed by atoms with Crippen LogP contribution in [-0.4, -0.2) is 21.8 Å². The number of rotatable bonds is 4. The highest BCUT2D eigenvalue weighted by molar-refractivity contribution is 7.17. The van der Waals surface area contributed by atoms with E-state index in [2.05, 4.69) is 4.98 Å². The number of aromatic nitrogens is 1. The van der Waals surface area contributed by atoms with Crippen LogP contribution in [0.15, 0.2) is 54.7 Å². The van der Waals surface area contributed by atoms with Crippen LogP contribution in [0, 0.1) is 6.92 Å². The number of aromatic carboxylic acids is 1. The molecule has 0 amide bonds. The van der Waals surface area contributed by atoms with Crippen LogP contribution in [0.25, 0.3) is 10.6 Å². The van der Waals surface area contributed by atoms with Crippen molar-refractivity contribution in [2.75, 3.05) is 0 Å². The van der Waals surface area contributed by atoms with Gasteiger partial charge in [-0.3, -0.25) is 9.78 Å². The maximum absolute atomic E-state index is 12.6. The Morgan fingerprint density at radius 3 is 2.39 bits per heavy atom. The van der Waals surface area contributed by atoms with Gasteiger partial charge in [0.25, 0.3) is 0 Å². The summed E-state index contributed by atoms with van der Waals surface area (Å²) in [5.74, 6) is -1.39. The highest BCUT2D eigenvalue weighted by Crippen LogP contribution is 2.28. The summed E-state index contributed by atoms with van der Waals surface area (Å²) in [6.45, 7) is 1.96. The van der Waals surface area contributed by atoms with E-state index in [0.29, 0.717) is 4.88 Å². The highest BCUT2D eigenvalue weighted by Gasteiger charge is 2.19. The van der Waals surface area contributed by atoms with Gasteiger partial charge in [-0.25, -0.2) is 4.79 Å². The first-order chi connectivity index (χ1) is 11.1. The minimum absolute atomic E-state index is 0.0147. The van der Waals surface area contributed by atoms with Gasteiger partial charge in [0.1, 0.15) is 0 Å². The quantitative estimate of drug-likeness (QED) is 0.736. The number of aryl methyl sites for hydroxylation is 1. The second-order valence-electron chi connectivity index (χ2n) is 5.06. The predicted octanol–water partition coefficient (Wildman–Crippen LogP) is 4.05. The molecule has 0 bridgehead atoms. The molecule has 0 radical (unpaired) electrons. The molecule has 3 rings (SSSR count). The van der Waals surface area contributed by atoms with Gasteiger partial charge in [0.2, 0.25) is 5.78 Å². The first-order valence-electron chi connectivity index (χ1n) is 6.96. The fraction of sp³-hybridized carbons (Fsp3) is 0.0556. The number of carbonyl (C=O) groups excluding carboxylic acids is 1. The molecule has 114 valence electrons. The third-order valence-electron chi connectivity index (χ3n) is 3.40. The molecule has 5 heteroatoms. The van der Waals surface area contributed by atoms with Gasteiger partial charge in [-0.15, -0.1) is 11.3 Å². The fourth-order valence-corrected chi connectivity index (χ4v) is 3.15. The Morgan fingerprint density at radius 1 is 1.00 bits per heavy atom. The molecule has 23 heavy (non-hydrogen) atoms. The minimum Gasteiger partial charge on any atom is -0.478 e. The molecule has 1 N–H and O–H groups in total. The predicted molar refractivity (Wildman–Crippen MR) is 89.1 cm³/mol. The zero-order valence-electron chi connectivity index (χ0n) is 12.3. The van der Waals surface area contributed by atoms with E-state index in [1.165, 1.54) is 23.5 Å². The molecule has 0 aliphatic heterocycles. The molecule has 0 aliphatic rings. The van der Waals surface area contributed by atoms with Gasteiger partial charge < -0.3 is 5.11 Å². The third-order valence-corrected chi connectivity index (χ3v) is 4.50. The largest absolute Gasteiger partial charge is 0.478 e. The zero-order chi connectivity index (χ0) is 16.4. The number of benzene rings is 1. The molecule has 0 aliphatic carbocycles. The van der Waals surface area contributed by atoms with Crippen molar-refractivity contribution < 1.29 is 14.7 Å². The average Bonchev–Trinajstić information content (AvgIpc) is 3.04. The molecule has 0 saturated heterocycles. The van der Waals surface area contributed by atoms with Gasteiger partial charge in [0.05, 0.1) is 21.0 Å².